The quantitative estimate of drug-likeness (QED) is 0.571. The second kappa shape index (κ2) is 6.90. The van der Waals surface area contributed by atoms with Crippen molar-refractivity contribution in [3.8, 4) is 0 Å². The Labute approximate surface area is 82.7 Å². The molecule has 13 heavy (non-hydrogen) atoms. The lowest BCUT2D eigenvalue weighted by Crippen LogP contribution is -2.29. The molecule has 0 amide bonds. The molecule has 0 fully saturated rings. The van der Waals surface area contributed by atoms with Crippen LogP contribution in [0.1, 0.15) is 39.0 Å². The Hall–Kier alpha value is -0.560. The van der Waals surface area contributed by atoms with Crippen molar-refractivity contribution in [3.63, 3.8) is 0 Å². The Bertz CT molecular complexity index is 139. The van der Waals surface area contributed by atoms with Gasteiger partial charge in [-0.1, -0.05) is 31.9 Å². The molecule has 2 N–H and O–H groups in total. The van der Waals surface area contributed by atoms with Crippen LogP contribution in [-0.2, 0) is 0 Å². The molecular formula is C12H23N. The van der Waals surface area contributed by atoms with Crippen molar-refractivity contribution < 1.29 is 0 Å². The monoisotopic (exact) mass is 181 g/mol. The summed E-state index contributed by atoms with van der Waals surface area (Å²) in [5.74, 6) is 0. The van der Waals surface area contributed by atoms with E-state index in [1.807, 2.05) is 12.2 Å². The van der Waals surface area contributed by atoms with Gasteiger partial charge in [0.1, 0.15) is 0 Å². The second-order valence-electron chi connectivity index (χ2n) is 3.79. The summed E-state index contributed by atoms with van der Waals surface area (Å²) in [6.45, 7) is 10.5. The van der Waals surface area contributed by atoms with Crippen LogP contribution in [0.5, 0.6) is 0 Å². The van der Waals surface area contributed by atoms with E-state index in [2.05, 4.69) is 20.1 Å². The summed E-state index contributed by atoms with van der Waals surface area (Å²) in [5, 5.41) is 0. The van der Waals surface area contributed by atoms with E-state index in [0.29, 0.717) is 0 Å². The van der Waals surface area contributed by atoms with Crippen molar-refractivity contribution in [2.24, 2.45) is 11.1 Å². The van der Waals surface area contributed by atoms with Crippen molar-refractivity contribution >= 4 is 0 Å². The summed E-state index contributed by atoms with van der Waals surface area (Å²) in [6, 6.07) is 0. The zero-order chi connectivity index (χ0) is 10.2. The van der Waals surface area contributed by atoms with Gasteiger partial charge in [0.25, 0.3) is 0 Å². The van der Waals surface area contributed by atoms with Crippen molar-refractivity contribution in [1.29, 1.82) is 0 Å². The Balaban J connectivity index is 4.23. The standard InChI is InChI=1S/C12H23N/c1-4-7-10-12(11-13,8-5-2)9-6-3/h5-6H,2-4,7-11,13H2,1H3. The smallest absolute Gasteiger partial charge is 0.00146 e. The molecule has 0 aliphatic carbocycles. The van der Waals surface area contributed by atoms with Crippen LogP contribution < -0.4 is 5.73 Å². The third-order valence-corrected chi connectivity index (χ3v) is 2.65. The van der Waals surface area contributed by atoms with Crippen LogP contribution in [0, 0.1) is 5.41 Å². The van der Waals surface area contributed by atoms with E-state index >= 15 is 0 Å². The molecule has 0 unspecified atom stereocenters. The summed E-state index contributed by atoms with van der Waals surface area (Å²) in [5.41, 5.74) is 6.06. The minimum absolute atomic E-state index is 0.236. The predicted octanol–water partition coefficient (Wildman–Crippen LogP) is 3.27. The summed E-state index contributed by atoms with van der Waals surface area (Å²) in [6.07, 6.45) is 9.65. The molecule has 0 bridgehead atoms. The maximum atomic E-state index is 5.83. The van der Waals surface area contributed by atoms with Crippen molar-refractivity contribution in [2.45, 2.75) is 39.0 Å². The molecular weight excluding hydrogens is 158 g/mol. The van der Waals surface area contributed by atoms with E-state index in [9.17, 15) is 0 Å². The summed E-state index contributed by atoms with van der Waals surface area (Å²) in [7, 11) is 0. The molecule has 0 aromatic heterocycles. The van der Waals surface area contributed by atoms with Gasteiger partial charge in [0.15, 0.2) is 0 Å². The highest BCUT2D eigenvalue weighted by Crippen LogP contribution is 2.32. The van der Waals surface area contributed by atoms with Crippen LogP contribution in [0.15, 0.2) is 25.3 Å². The molecule has 1 nitrogen and oxygen atoms in total. The van der Waals surface area contributed by atoms with Gasteiger partial charge < -0.3 is 5.73 Å². The molecule has 0 rings (SSSR count). The first-order chi connectivity index (χ1) is 6.24. The molecule has 0 aliphatic heterocycles. The average Bonchev–Trinajstić information content (AvgIpc) is 2.15. The van der Waals surface area contributed by atoms with E-state index in [4.69, 9.17) is 5.73 Å². The summed E-state index contributed by atoms with van der Waals surface area (Å²) < 4.78 is 0. The lowest BCUT2D eigenvalue weighted by Gasteiger charge is -2.30. The molecule has 0 radical (unpaired) electrons. The molecule has 0 atom stereocenters. The van der Waals surface area contributed by atoms with Gasteiger partial charge in [-0.15, -0.1) is 13.2 Å². The first-order valence-corrected chi connectivity index (χ1v) is 5.16. The Morgan fingerprint density at radius 1 is 1.23 bits per heavy atom. The van der Waals surface area contributed by atoms with Crippen LogP contribution in [-0.4, -0.2) is 6.54 Å². The average molecular weight is 181 g/mol. The number of allylic oxidation sites excluding steroid dienone is 2. The number of rotatable bonds is 8. The highest BCUT2D eigenvalue weighted by atomic mass is 14.6. The van der Waals surface area contributed by atoms with Gasteiger partial charge in [0, 0.05) is 0 Å². The Morgan fingerprint density at radius 3 is 2.08 bits per heavy atom. The molecule has 76 valence electrons. The number of nitrogens with two attached hydrogens (primary N) is 1. The molecule has 0 heterocycles. The summed E-state index contributed by atoms with van der Waals surface area (Å²) in [4.78, 5) is 0. The SMILES string of the molecule is C=CCC(CN)(CC=C)CCCC. The van der Waals surface area contributed by atoms with E-state index in [1.54, 1.807) is 0 Å². The lowest BCUT2D eigenvalue weighted by molar-refractivity contribution is 0.271. The van der Waals surface area contributed by atoms with Gasteiger partial charge in [-0.2, -0.15) is 0 Å². The molecule has 0 aromatic carbocycles. The van der Waals surface area contributed by atoms with Crippen LogP contribution in [0.25, 0.3) is 0 Å². The fraction of sp³-hybridized carbons (Fsp3) is 0.667. The van der Waals surface area contributed by atoms with E-state index in [0.717, 1.165) is 19.4 Å². The molecule has 0 saturated heterocycles. The van der Waals surface area contributed by atoms with Crippen molar-refractivity contribution in [2.75, 3.05) is 6.54 Å². The van der Waals surface area contributed by atoms with Gasteiger partial charge in [0.2, 0.25) is 0 Å². The third-order valence-electron chi connectivity index (χ3n) is 2.65. The van der Waals surface area contributed by atoms with Crippen molar-refractivity contribution in [3.05, 3.63) is 25.3 Å². The minimum atomic E-state index is 0.236. The van der Waals surface area contributed by atoms with E-state index in [1.165, 1.54) is 19.3 Å². The first-order valence-electron chi connectivity index (χ1n) is 5.16. The Kier molecular flexibility index (Phi) is 6.61. The van der Waals surface area contributed by atoms with Gasteiger partial charge in [-0.25, -0.2) is 0 Å². The fourth-order valence-electron chi connectivity index (χ4n) is 1.72. The highest BCUT2D eigenvalue weighted by Gasteiger charge is 2.24. The lowest BCUT2D eigenvalue weighted by atomic mass is 9.77. The molecule has 0 spiro atoms. The highest BCUT2D eigenvalue weighted by molar-refractivity contribution is 4.92. The Morgan fingerprint density at radius 2 is 1.77 bits per heavy atom. The minimum Gasteiger partial charge on any atom is -0.330 e. The molecule has 0 aliphatic rings. The van der Waals surface area contributed by atoms with Gasteiger partial charge in [0.05, 0.1) is 0 Å². The van der Waals surface area contributed by atoms with E-state index in [-0.39, 0.29) is 5.41 Å². The van der Waals surface area contributed by atoms with Gasteiger partial charge >= 0.3 is 0 Å². The normalized spacial score (nSPS) is 11.2. The zero-order valence-corrected chi connectivity index (χ0v) is 8.89. The number of hydrogen-bond donors (Lipinski definition) is 1. The maximum absolute atomic E-state index is 5.83. The second-order valence-corrected chi connectivity index (χ2v) is 3.79. The van der Waals surface area contributed by atoms with Crippen LogP contribution in [0.2, 0.25) is 0 Å². The predicted molar refractivity (Wildman–Crippen MR) is 60.6 cm³/mol. The molecule has 0 saturated carbocycles. The topological polar surface area (TPSA) is 26.0 Å². The largest absolute Gasteiger partial charge is 0.330 e. The number of hydrogen-bond acceptors (Lipinski definition) is 1. The fourth-order valence-corrected chi connectivity index (χ4v) is 1.72. The molecule has 1 heteroatoms. The summed E-state index contributed by atoms with van der Waals surface area (Å²) >= 11 is 0. The van der Waals surface area contributed by atoms with Gasteiger partial charge in [-0.3, -0.25) is 0 Å². The van der Waals surface area contributed by atoms with E-state index < -0.39 is 0 Å². The first kappa shape index (κ1) is 12.4. The zero-order valence-electron chi connectivity index (χ0n) is 8.89. The third kappa shape index (κ3) is 4.28. The number of unbranched alkanes of at least 4 members (excludes halogenated alkanes) is 1. The van der Waals surface area contributed by atoms with Gasteiger partial charge in [-0.05, 0) is 31.2 Å². The van der Waals surface area contributed by atoms with Crippen LogP contribution in [0.4, 0.5) is 0 Å². The van der Waals surface area contributed by atoms with Crippen molar-refractivity contribution in [1.82, 2.24) is 0 Å². The van der Waals surface area contributed by atoms with Crippen LogP contribution >= 0.6 is 0 Å². The maximum Gasteiger partial charge on any atom is -0.00146 e. The van der Waals surface area contributed by atoms with Crippen LogP contribution in [0.3, 0.4) is 0 Å². The molecule has 0 aromatic rings.